The van der Waals surface area contributed by atoms with Gasteiger partial charge in [0.25, 0.3) is 0 Å². The molecule has 3 nitrogen and oxygen atoms in total. The Balaban J connectivity index is 2.08. The molecule has 2 unspecified atom stereocenters. The van der Waals surface area contributed by atoms with Crippen molar-refractivity contribution in [2.24, 2.45) is 0 Å². The Hall–Kier alpha value is -0.220. The first-order chi connectivity index (χ1) is 7.25. The lowest BCUT2D eigenvalue weighted by molar-refractivity contribution is -0.144. The van der Waals surface area contributed by atoms with E-state index in [0.29, 0.717) is 13.0 Å². The van der Waals surface area contributed by atoms with Crippen LogP contribution in [0, 0.1) is 0 Å². The van der Waals surface area contributed by atoms with E-state index in [-0.39, 0.29) is 11.2 Å². The SMILES string of the molecule is CCCCCCOC(=O)C1SCCC1O. The summed E-state index contributed by atoms with van der Waals surface area (Å²) in [5.74, 6) is 0.623. The molecule has 1 heterocycles. The lowest BCUT2D eigenvalue weighted by Crippen LogP contribution is -2.28. The van der Waals surface area contributed by atoms with E-state index in [1.54, 1.807) is 0 Å². The van der Waals surface area contributed by atoms with Crippen LogP contribution in [0.3, 0.4) is 0 Å². The maximum Gasteiger partial charge on any atom is 0.321 e. The Morgan fingerprint density at radius 2 is 2.27 bits per heavy atom. The van der Waals surface area contributed by atoms with Gasteiger partial charge in [0.1, 0.15) is 5.25 Å². The number of carbonyl (C=O) groups is 1. The molecule has 0 amide bonds. The Labute approximate surface area is 95.6 Å². The molecule has 88 valence electrons. The summed E-state index contributed by atoms with van der Waals surface area (Å²) in [6, 6.07) is 0. The highest BCUT2D eigenvalue weighted by Gasteiger charge is 2.33. The van der Waals surface area contributed by atoms with Gasteiger partial charge in [-0.25, -0.2) is 0 Å². The minimum absolute atomic E-state index is 0.235. The average molecular weight is 232 g/mol. The predicted octanol–water partition coefficient (Wildman–Crippen LogP) is 1.98. The normalized spacial score (nSPS) is 25.5. The van der Waals surface area contributed by atoms with E-state index in [0.717, 1.165) is 18.6 Å². The predicted molar refractivity (Wildman–Crippen MR) is 62.0 cm³/mol. The fraction of sp³-hybridized carbons (Fsp3) is 0.909. The van der Waals surface area contributed by atoms with Crippen molar-refractivity contribution in [3.63, 3.8) is 0 Å². The fourth-order valence-corrected chi connectivity index (χ4v) is 2.78. The number of hydrogen-bond donors (Lipinski definition) is 1. The molecule has 0 radical (unpaired) electrons. The number of ether oxygens (including phenoxy) is 1. The Morgan fingerprint density at radius 1 is 1.47 bits per heavy atom. The molecule has 1 N–H and O–H groups in total. The van der Waals surface area contributed by atoms with E-state index >= 15 is 0 Å². The third-order valence-electron chi connectivity index (χ3n) is 2.54. The van der Waals surface area contributed by atoms with Crippen LogP contribution in [0.25, 0.3) is 0 Å². The molecule has 0 aromatic rings. The Bertz CT molecular complexity index is 196. The van der Waals surface area contributed by atoms with E-state index in [4.69, 9.17) is 4.74 Å². The maximum absolute atomic E-state index is 11.5. The lowest BCUT2D eigenvalue weighted by atomic mass is 10.2. The van der Waals surface area contributed by atoms with Crippen molar-refractivity contribution in [1.29, 1.82) is 0 Å². The third-order valence-corrected chi connectivity index (χ3v) is 3.87. The van der Waals surface area contributed by atoms with Gasteiger partial charge >= 0.3 is 5.97 Å². The first kappa shape index (κ1) is 12.8. The molecule has 1 rings (SSSR count). The van der Waals surface area contributed by atoms with Crippen molar-refractivity contribution in [2.75, 3.05) is 12.4 Å². The number of aliphatic hydroxyl groups is 1. The summed E-state index contributed by atoms with van der Waals surface area (Å²) in [5.41, 5.74) is 0. The van der Waals surface area contributed by atoms with Gasteiger partial charge in [-0.3, -0.25) is 4.79 Å². The van der Waals surface area contributed by atoms with Gasteiger partial charge in [0.15, 0.2) is 0 Å². The average Bonchev–Trinajstić information content (AvgIpc) is 2.64. The molecule has 15 heavy (non-hydrogen) atoms. The van der Waals surface area contributed by atoms with Gasteiger partial charge in [-0.1, -0.05) is 26.2 Å². The van der Waals surface area contributed by atoms with Crippen LogP contribution in [0.15, 0.2) is 0 Å². The second-order valence-corrected chi connectivity index (χ2v) is 5.13. The van der Waals surface area contributed by atoms with Gasteiger partial charge in [-0.15, -0.1) is 11.8 Å². The molecule has 0 aromatic carbocycles. The summed E-state index contributed by atoms with van der Waals surface area (Å²) >= 11 is 1.50. The Morgan fingerprint density at radius 3 is 2.87 bits per heavy atom. The summed E-state index contributed by atoms with van der Waals surface area (Å²) in [6.45, 7) is 2.65. The van der Waals surface area contributed by atoms with Crippen LogP contribution in [0.1, 0.15) is 39.0 Å². The zero-order chi connectivity index (χ0) is 11.1. The number of aliphatic hydroxyl groups excluding tert-OH is 1. The van der Waals surface area contributed by atoms with Gasteiger partial charge in [0.05, 0.1) is 12.7 Å². The molecule has 1 fully saturated rings. The van der Waals surface area contributed by atoms with Crippen LogP contribution >= 0.6 is 11.8 Å². The van der Waals surface area contributed by atoms with Crippen LogP contribution in [0.5, 0.6) is 0 Å². The van der Waals surface area contributed by atoms with Crippen molar-refractivity contribution in [3.05, 3.63) is 0 Å². The largest absolute Gasteiger partial charge is 0.465 e. The number of esters is 1. The molecule has 0 bridgehead atoms. The molecule has 2 atom stereocenters. The Kier molecular flexibility index (Phi) is 6.10. The van der Waals surface area contributed by atoms with Gasteiger partial charge in [-0.05, 0) is 18.6 Å². The van der Waals surface area contributed by atoms with Crippen molar-refractivity contribution in [3.8, 4) is 0 Å². The van der Waals surface area contributed by atoms with Gasteiger partial charge in [-0.2, -0.15) is 0 Å². The number of rotatable bonds is 6. The van der Waals surface area contributed by atoms with E-state index in [1.165, 1.54) is 24.6 Å². The minimum Gasteiger partial charge on any atom is -0.465 e. The van der Waals surface area contributed by atoms with Crippen LogP contribution < -0.4 is 0 Å². The molecule has 1 aliphatic rings. The zero-order valence-electron chi connectivity index (χ0n) is 9.28. The number of hydrogen-bond acceptors (Lipinski definition) is 4. The van der Waals surface area contributed by atoms with Gasteiger partial charge < -0.3 is 9.84 Å². The van der Waals surface area contributed by atoms with E-state index in [9.17, 15) is 9.90 Å². The van der Waals surface area contributed by atoms with Crippen molar-refractivity contribution in [2.45, 2.75) is 50.4 Å². The molecule has 0 aliphatic carbocycles. The van der Waals surface area contributed by atoms with Gasteiger partial charge in [0, 0.05) is 0 Å². The highest BCUT2D eigenvalue weighted by atomic mass is 32.2. The van der Waals surface area contributed by atoms with Crippen LogP contribution in [-0.2, 0) is 9.53 Å². The zero-order valence-corrected chi connectivity index (χ0v) is 10.1. The first-order valence-corrected chi connectivity index (χ1v) is 6.77. The monoisotopic (exact) mass is 232 g/mol. The van der Waals surface area contributed by atoms with Crippen molar-refractivity contribution < 1.29 is 14.6 Å². The van der Waals surface area contributed by atoms with E-state index in [1.807, 2.05) is 0 Å². The molecule has 0 saturated carbocycles. The van der Waals surface area contributed by atoms with Gasteiger partial charge in [0.2, 0.25) is 0 Å². The standard InChI is InChI=1S/C11H20O3S/c1-2-3-4-5-7-14-11(13)10-9(12)6-8-15-10/h9-10,12H,2-8H2,1H3. The molecule has 1 aliphatic heterocycles. The highest BCUT2D eigenvalue weighted by molar-refractivity contribution is 8.00. The van der Waals surface area contributed by atoms with Crippen LogP contribution in [-0.4, -0.2) is 34.8 Å². The van der Waals surface area contributed by atoms with E-state index in [2.05, 4.69) is 6.92 Å². The minimum atomic E-state index is -0.502. The number of unbranched alkanes of at least 4 members (excludes halogenated alkanes) is 3. The van der Waals surface area contributed by atoms with Crippen molar-refractivity contribution >= 4 is 17.7 Å². The smallest absolute Gasteiger partial charge is 0.321 e. The number of carbonyl (C=O) groups excluding carboxylic acids is 1. The summed E-state index contributed by atoms with van der Waals surface area (Å²) in [7, 11) is 0. The second kappa shape index (κ2) is 7.12. The third kappa shape index (κ3) is 4.43. The van der Waals surface area contributed by atoms with Crippen LogP contribution in [0.4, 0.5) is 0 Å². The topological polar surface area (TPSA) is 46.5 Å². The molecule has 0 spiro atoms. The van der Waals surface area contributed by atoms with E-state index < -0.39 is 6.10 Å². The number of thioether (sulfide) groups is 1. The fourth-order valence-electron chi connectivity index (χ4n) is 1.59. The quantitative estimate of drug-likeness (QED) is 0.562. The summed E-state index contributed by atoms with van der Waals surface area (Å²) in [6.07, 6.45) is 4.64. The summed E-state index contributed by atoms with van der Waals surface area (Å²) in [5, 5.41) is 9.14. The lowest BCUT2D eigenvalue weighted by Gasteiger charge is -2.12. The molecular weight excluding hydrogens is 212 g/mol. The summed E-state index contributed by atoms with van der Waals surface area (Å²) < 4.78 is 5.12. The molecule has 0 aromatic heterocycles. The highest BCUT2D eigenvalue weighted by Crippen LogP contribution is 2.27. The summed E-state index contributed by atoms with van der Waals surface area (Å²) in [4.78, 5) is 11.5. The molecule has 1 saturated heterocycles. The van der Waals surface area contributed by atoms with Crippen molar-refractivity contribution in [1.82, 2.24) is 0 Å². The first-order valence-electron chi connectivity index (χ1n) is 5.72. The molecular formula is C11H20O3S. The maximum atomic E-state index is 11.5. The molecule has 4 heteroatoms. The second-order valence-electron chi connectivity index (χ2n) is 3.88. The van der Waals surface area contributed by atoms with Crippen LogP contribution in [0.2, 0.25) is 0 Å².